The van der Waals surface area contributed by atoms with Crippen molar-refractivity contribution in [1.82, 2.24) is 0 Å². The van der Waals surface area contributed by atoms with Crippen molar-refractivity contribution in [3.8, 4) is 5.75 Å². The Morgan fingerprint density at radius 3 is 2.18 bits per heavy atom. The highest BCUT2D eigenvalue weighted by molar-refractivity contribution is 9.11. The Balaban J connectivity index is 2.65. The molecule has 0 atom stereocenters. The summed E-state index contributed by atoms with van der Waals surface area (Å²) in [5.74, 6) is 0.891. The van der Waals surface area contributed by atoms with Crippen LogP contribution < -0.4 is 16.2 Å². The molecule has 0 aliphatic rings. The SMILES string of the molecule is [NH3+]CCCCOc1c(Br)cc(CC[NH3+])cc1Br. The molecule has 1 aromatic carbocycles. The van der Waals surface area contributed by atoms with Crippen molar-refractivity contribution in [2.45, 2.75) is 19.3 Å². The first-order valence-corrected chi connectivity index (χ1v) is 7.47. The molecule has 96 valence electrons. The molecule has 0 saturated carbocycles. The molecule has 0 heterocycles. The Morgan fingerprint density at radius 1 is 1.00 bits per heavy atom. The normalized spacial score (nSPS) is 10.6. The van der Waals surface area contributed by atoms with E-state index in [9.17, 15) is 0 Å². The smallest absolute Gasteiger partial charge is 0.147 e. The highest BCUT2D eigenvalue weighted by atomic mass is 79.9. The molecule has 0 unspecified atom stereocenters. The van der Waals surface area contributed by atoms with Gasteiger partial charge in [0, 0.05) is 6.42 Å². The maximum atomic E-state index is 5.77. The molecule has 0 bridgehead atoms. The maximum Gasteiger partial charge on any atom is 0.147 e. The summed E-state index contributed by atoms with van der Waals surface area (Å²) in [5, 5.41) is 0. The number of ether oxygens (including phenoxy) is 1. The summed E-state index contributed by atoms with van der Waals surface area (Å²) in [4.78, 5) is 0. The molecule has 3 nitrogen and oxygen atoms in total. The summed E-state index contributed by atoms with van der Waals surface area (Å²) in [5.41, 5.74) is 8.95. The van der Waals surface area contributed by atoms with Crippen molar-refractivity contribution in [3.63, 3.8) is 0 Å². The van der Waals surface area contributed by atoms with Gasteiger partial charge >= 0.3 is 0 Å². The lowest BCUT2D eigenvalue weighted by Gasteiger charge is -2.11. The quantitative estimate of drug-likeness (QED) is 0.703. The molecule has 5 heteroatoms. The molecule has 0 radical (unpaired) electrons. The summed E-state index contributed by atoms with van der Waals surface area (Å²) in [6.45, 7) is 2.61. The van der Waals surface area contributed by atoms with E-state index in [-0.39, 0.29) is 0 Å². The van der Waals surface area contributed by atoms with Crippen LogP contribution >= 0.6 is 31.9 Å². The average molecular weight is 368 g/mol. The summed E-state index contributed by atoms with van der Waals surface area (Å²) in [7, 11) is 0. The van der Waals surface area contributed by atoms with Gasteiger partial charge in [0.15, 0.2) is 0 Å². The minimum absolute atomic E-state index is 0.737. The first kappa shape index (κ1) is 15.0. The van der Waals surface area contributed by atoms with E-state index in [0.717, 1.165) is 53.7 Å². The van der Waals surface area contributed by atoms with Crippen molar-refractivity contribution < 1.29 is 16.2 Å². The molecule has 0 saturated heterocycles. The van der Waals surface area contributed by atoms with Crippen LogP contribution in [0, 0.1) is 0 Å². The Hall–Kier alpha value is -0.100. The highest BCUT2D eigenvalue weighted by Gasteiger charge is 2.09. The molecule has 0 aromatic heterocycles. The zero-order valence-electron chi connectivity index (χ0n) is 9.98. The van der Waals surface area contributed by atoms with Gasteiger partial charge in [-0.25, -0.2) is 0 Å². The van der Waals surface area contributed by atoms with E-state index >= 15 is 0 Å². The van der Waals surface area contributed by atoms with Gasteiger partial charge < -0.3 is 16.2 Å². The number of halogens is 2. The minimum atomic E-state index is 0.737. The van der Waals surface area contributed by atoms with Crippen molar-refractivity contribution >= 4 is 31.9 Å². The number of unbranched alkanes of at least 4 members (excludes halogenated alkanes) is 1. The first-order valence-electron chi connectivity index (χ1n) is 5.88. The predicted molar refractivity (Wildman–Crippen MR) is 75.8 cm³/mol. The molecule has 0 fully saturated rings. The molecule has 17 heavy (non-hydrogen) atoms. The van der Waals surface area contributed by atoms with Gasteiger partial charge in [-0.3, -0.25) is 0 Å². The lowest BCUT2D eigenvalue weighted by molar-refractivity contribution is -0.368. The molecule has 0 aliphatic heterocycles. The van der Waals surface area contributed by atoms with Crippen LogP contribution in [0.2, 0.25) is 0 Å². The van der Waals surface area contributed by atoms with Crippen LogP contribution in [-0.4, -0.2) is 19.7 Å². The molecule has 0 aliphatic carbocycles. The van der Waals surface area contributed by atoms with Gasteiger partial charge in [0.1, 0.15) is 5.75 Å². The Bertz CT molecular complexity index is 335. The van der Waals surface area contributed by atoms with Crippen LogP contribution in [0.25, 0.3) is 0 Å². The fraction of sp³-hybridized carbons (Fsp3) is 0.500. The van der Waals surface area contributed by atoms with Gasteiger partial charge in [-0.05, 0) is 62.4 Å². The summed E-state index contributed by atoms with van der Waals surface area (Å²) in [6, 6.07) is 4.21. The molecule has 6 N–H and O–H groups in total. The van der Waals surface area contributed by atoms with E-state index in [1.54, 1.807) is 0 Å². The third kappa shape index (κ3) is 4.95. The fourth-order valence-corrected chi connectivity index (χ4v) is 3.06. The van der Waals surface area contributed by atoms with Gasteiger partial charge in [-0.15, -0.1) is 0 Å². The number of hydrogen-bond acceptors (Lipinski definition) is 1. The zero-order valence-corrected chi connectivity index (χ0v) is 13.1. The fourth-order valence-electron chi connectivity index (χ4n) is 1.55. The van der Waals surface area contributed by atoms with Crippen molar-refractivity contribution in [1.29, 1.82) is 0 Å². The summed E-state index contributed by atoms with van der Waals surface area (Å²) < 4.78 is 7.77. The van der Waals surface area contributed by atoms with E-state index < -0.39 is 0 Å². The van der Waals surface area contributed by atoms with Crippen molar-refractivity contribution in [2.24, 2.45) is 0 Å². The summed E-state index contributed by atoms with van der Waals surface area (Å²) in [6.07, 6.45) is 3.14. The zero-order chi connectivity index (χ0) is 12.7. The van der Waals surface area contributed by atoms with E-state index in [4.69, 9.17) is 4.74 Å². The van der Waals surface area contributed by atoms with Crippen LogP contribution in [0.15, 0.2) is 21.1 Å². The molecule has 0 spiro atoms. The van der Waals surface area contributed by atoms with Gasteiger partial charge in [-0.2, -0.15) is 0 Å². The van der Waals surface area contributed by atoms with Gasteiger partial charge in [0.25, 0.3) is 0 Å². The summed E-state index contributed by atoms with van der Waals surface area (Å²) >= 11 is 7.10. The second-order valence-corrected chi connectivity index (χ2v) is 5.61. The molecule has 0 amide bonds. The Labute approximate surface area is 119 Å². The van der Waals surface area contributed by atoms with Crippen LogP contribution in [-0.2, 0) is 6.42 Å². The third-order valence-electron chi connectivity index (χ3n) is 2.41. The van der Waals surface area contributed by atoms with Crippen LogP contribution in [0.5, 0.6) is 5.75 Å². The largest absolute Gasteiger partial charge is 0.491 e. The number of hydrogen-bond donors (Lipinski definition) is 2. The lowest BCUT2D eigenvalue weighted by atomic mass is 10.1. The molecule has 1 rings (SSSR count). The molecular weight excluding hydrogens is 348 g/mol. The number of benzene rings is 1. The molecule has 1 aromatic rings. The standard InChI is InChI=1S/C12H18Br2N2O/c13-10-7-9(3-5-16)8-11(14)12(10)17-6-2-1-4-15/h7-8H,1-6,15-16H2/p+2. The minimum Gasteiger partial charge on any atom is -0.491 e. The van der Waals surface area contributed by atoms with E-state index in [0.29, 0.717) is 0 Å². The monoisotopic (exact) mass is 366 g/mol. The number of rotatable bonds is 7. The van der Waals surface area contributed by atoms with Gasteiger partial charge in [-0.1, -0.05) is 0 Å². The number of quaternary nitrogens is 2. The van der Waals surface area contributed by atoms with Crippen LogP contribution in [0.1, 0.15) is 18.4 Å². The first-order chi connectivity index (χ1) is 8.19. The predicted octanol–water partition coefficient (Wildman–Crippen LogP) is 1.40. The average Bonchev–Trinajstić information content (AvgIpc) is 2.27. The molecular formula is C12H20Br2N2O+2. The van der Waals surface area contributed by atoms with Crippen molar-refractivity contribution in [3.05, 3.63) is 26.6 Å². The van der Waals surface area contributed by atoms with E-state index in [1.165, 1.54) is 5.56 Å². The van der Waals surface area contributed by atoms with Gasteiger partial charge in [0.05, 0.1) is 28.6 Å². The Morgan fingerprint density at radius 2 is 1.65 bits per heavy atom. The highest BCUT2D eigenvalue weighted by Crippen LogP contribution is 2.34. The van der Waals surface area contributed by atoms with Crippen LogP contribution in [0.4, 0.5) is 0 Å². The second-order valence-electron chi connectivity index (χ2n) is 3.90. The lowest BCUT2D eigenvalue weighted by Crippen LogP contribution is -2.51. The topological polar surface area (TPSA) is 64.5 Å². The van der Waals surface area contributed by atoms with Gasteiger partial charge in [0.2, 0.25) is 0 Å². The van der Waals surface area contributed by atoms with E-state index in [2.05, 4.69) is 55.5 Å². The van der Waals surface area contributed by atoms with Crippen molar-refractivity contribution in [2.75, 3.05) is 19.7 Å². The third-order valence-corrected chi connectivity index (χ3v) is 3.59. The maximum absolute atomic E-state index is 5.77. The Kier molecular flexibility index (Phi) is 7.11. The van der Waals surface area contributed by atoms with Crippen LogP contribution in [0.3, 0.4) is 0 Å². The second kappa shape index (κ2) is 8.08. The van der Waals surface area contributed by atoms with E-state index in [1.807, 2.05) is 0 Å².